The Morgan fingerprint density at radius 1 is 0.357 bits per heavy atom. The molecule has 0 bridgehead atoms. The molecule has 11 aromatic rings. The fourth-order valence-corrected chi connectivity index (χ4v) is 8.27. The molecule has 0 aliphatic carbocycles. The molecule has 0 aliphatic heterocycles. The number of nitrogens with zero attached hydrogens (tertiary/aromatic N) is 5. The van der Waals surface area contributed by atoms with Gasteiger partial charge in [0.2, 0.25) is 0 Å². The molecule has 0 spiro atoms. The maximum absolute atomic E-state index is 5.12. The monoisotopic (exact) mass is 715 g/mol. The molecular formula is C51H33N5. The fourth-order valence-electron chi connectivity index (χ4n) is 8.27. The second kappa shape index (κ2) is 13.0. The quantitative estimate of drug-likeness (QED) is 0.172. The van der Waals surface area contributed by atoms with Gasteiger partial charge in [-0.25, -0.2) is 9.97 Å². The normalized spacial score (nSPS) is 11.6. The molecule has 0 N–H and O–H groups in total. The summed E-state index contributed by atoms with van der Waals surface area (Å²) >= 11 is 0. The Bertz CT molecular complexity index is 3180. The Labute approximate surface area is 323 Å². The van der Waals surface area contributed by atoms with E-state index >= 15 is 0 Å². The summed E-state index contributed by atoms with van der Waals surface area (Å²) in [5.41, 5.74) is 14.8. The summed E-state index contributed by atoms with van der Waals surface area (Å²) < 4.78 is 4.68. The van der Waals surface area contributed by atoms with Gasteiger partial charge in [-0.1, -0.05) is 127 Å². The molecule has 0 radical (unpaired) electrons. The van der Waals surface area contributed by atoms with Crippen LogP contribution in [0.1, 0.15) is 0 Å². The molecule has 11 rings (SSSR count). The largest absolute Gasteiger partial charge is 0.309 e. The molecule has 0 aliphatic rings. The number of rotatable bonds is 6. The molecule has 0 unspecified atom stereocenters. The summed E-state index contributed by atoms with van der Waals surface area (Å²) in [6.45, 7) is 0. The van der Waals surface area contributed by atoms with E-state index in [4.69, 9.17) is 15.0 Å². The number of hydrogen-bond donors (Lipinski definition) is 0. The number of fused-ring (bicyclic) bond motifs is 6. The molecule has 4 heterocycles. The van der Waals surface area contributed by atoms with Crippen LogP contribution in [-0.4, -0.2) is 24.1 Å². The van der Waals surface area contributed by atoms with Crippen molar-refractivity contribution >= 4 is 43.7 Å². The zero-order chi connectivity index (χ0) is 37.0. The number of pyridine rings is 1. The molecule has 5 nitrogen and oxygen atoms in total. The summed E-state index contributed by atoms with van der Waals surface area (Å²) in [6, 6.07) is 68.2. The number of aromatic nitrogens is 5. The molecule has 0 atom stereocenters. The Balaban J connectivity index is 1.08. The highest BCUT2D eigenvalue weighted by Gasteiger charge is 2.19. The third-order valence-corrected chi connectivity index (χ3v) is 10.8. The van der Waals surface area contributed by atoms with Crippen LogP contribution in [0.25, 0.3) is 100 Å². The number of benzene rings is 7. The lowest BCUT2D eigenvalue weighted by Crippen LogP contribution is -1.98. The summed E-state index contributed by atoms with van der Waals surface area (Å²) in [6.07, 6.45) is 1.89. The fraction of sp³-hybridized carbons (Fsp3) is 0. The third-order valence-electron chi connectivity index (χ3n) is 10.8. The molecular weight excluding hydrogens is 683 g/mol. The maximum atomic E-state index is 5.12. The van der Waals surface area contributed by atoms with E-state index < -0.39 is 0 Å². The van der Waals surface area contributed by atoms with Gasteiger partial charge in [-0.05, 0) is 77.9 Å². The first-order chi connectivity index (χ1) is 27.8. The zero-order valence-corrected chi connectivity index (χ0v) is 30.3. The van der Waals surface area contributed by atoms with E-state index in [1.165, 1.54) is 27.4 Å². The summed E-state index contributed by atoms with van der Waals surface area (Å²) in [4.78, 5) is 15.2. The van der Waals surface area contributed by atoms with Gasteiger partial charge in [0.25, 0.3) is 0 Å². The minimum Gasteiger partial charge on any atom is -0.309 e. The van der Waals surface area contributed by atoms with Crippen LogP contribution >= 0.6 is 0 Å². The predicted octanol–water partition coefficient (Wildman–Crippen LogP) is 12.7. The van der Waals surface area contributed by atoms with Crippen molar-refractivity contribution < 1.29 is 0 Å². The van der Waals surface area contributed by atoms with E-state index in [0.29, 0.717) is 5.82 Å². The standard InChI is InChI=1S/C51H33N5/c1-4-15-34(16-5-1)43-33-44(35-17-6-2-7-18-35)54-51(53-43)37-19-12-22-39(31-37)56-46-29-28-36(32-42(46)50-48(56)27-14-30-52-50)40-24-13-26-47-49(40)41-23-10-11-25-45(41)55(47)38-20-8-3-9-21-38/h1-33H. The van der Waals surface area contributed by atoms with Gasteiger partial charge in [-0.15, -0.1) is 0 Å². The third kappa shape index (κ3) is 5.21. The van der Waals surface area contributed by atoms with Crippen molar-refractivity contribution in [3.05, 3.63) is 200 Å². The van der Waals surface area contributed by atoms with E-state index in [9.17, 15) is 0 Å². The van der Waals surface area contributed by atoms with E-state index in [2.05, 4.69) is 161 Å². The van der Waals surface area contributed by atoms with Crippen molar-refractivity contribution in [3.63, 3.8) is 0 Å². The highest BCUT2D eigenvalue weighted by atomic mass is 15.0. The van der Waals surface area contributed by atoms with Crippen LogP contribution in [-0.2, 0) is 0 Å². The summed E-state index contributed by atoms with van der Waals surface area (Å²) in [5, 5.41) is 3.57. The zero-order valence-electron chi connectivity index (χ0n) is 30.3. The van der Waals surface area contributed by atoms with Crippen molar-refractivity contribution in [2.45, 2.75) is 0 Å². The lowest BCUT2D eigenvalue weighted by molar-refractivity contribution is 1.15. The maximum Gasteiger partial charge on any atom is 0.160 e. The Morgan fingerprint density at radius 2 is 0.946 bits per heavy atom. The highest BCUT2D eigenvalue weighted by Crippen LogP contribution is 2.41. The van der Waals surface area contributed by atoms with E-state index in [0.717, 1.165) is 67.0 Å². The van der Waals surface area contributed by atoms with E-state index in [1.54, 1.807) is 0 Å². The van der Waals surface area contributed by atoms with Crippen LogP contribution in [0.4, 0.5) is 0 Å². The van der Waals surface area contributed by atoms with Gasteiger partial charge in [0, 0.05) is 50.4 Å². The second-order valence-electron chi connectivity index (χ2n) is 14.1. The van der Waals surface area contributed by atoms with Gasteiger partial charge in [0.15, 0.2) is 5.82 Å². The van der Waals surface area contributed by atoms with Crippen LogP contribution in [0.3, 0.4) is 0 Å². The molecule has 5 heteroatoms. The first kappa shape index (κ1) is 31.9. The molecule has 4 aromatic heterocycles. The first-order valence-electron chi connectivity index (χ1n) is 18.9. The second-order valence-corrected chi connectivity index (χ2v) is 14.1. The summed E-state index contributed by atoms with van der Waals surface area (Å²) in [7, 11) is 0. The van der Waals surface area contributed by atoms with Gasteiger partial charge in [0.1, 0.15) is 0 Å². The van der Waals surface area contributed by atoms with Crippen LogP contribution in [0.5, 0.6) is 0 Å². The first-order valence-corrected chi connectivity index (χ1v) is 18.9. The van der Waals surface area contributed by atoms with Crippen LogP contribution < -0.4 is 0 Å². The van der Waals surface area contributed by atoms with Gasteiger partial charge in [0.05, 0.1) is 39.0 Å². The van der Waals surface area contributed by atoms with E-state index in [-0.39, 0.29) is 0 Å². The predicted molar refractivity (Wildman–Crippen MR) is 230 cm³/mol. The SMILES string of the molecule is c1ccc(-c2cc(-c3ccccc3)nc(-c3cccc(-n4c5ccc(-c6cccc7c6c6ccccc6n7-c6ccccc6)cc5c5ncccc54)c3)n2)cc1. The van der Waals surface area contributed by atoms with Crippen LogP contribution in [0.2, 0.25) is 0 Å². The van der Waals surface area contributed by atoms with Gasteiger partial charge >= 0.3 is 0 Å². The van der Waals surface area contributed by atoms with Crippen LogP contribution in [0.15, 0.2) is 200 Å². The number of hydrogen-bond acceptors (Lipinski definition) is 3. The van der Waals surface area contributed by atoms with Crippen molar-refractivity contribution in [1.82, 2.24) is 24.1 Å². The molecule has 0 fully saturated rings. The molecule has 0 amide bonds. The molecule has 0 saturated heterocycles. The van der Waals surface area contributed by atoms with E-state index in [1.807, 2.05) is 48.7 Å². The highest BCUT2D eigenvalue weighted by molar-refractivity contribution is 6.17. The molecule has 262 valence electrons. The van der Waals surface area contributed by atoms with Crippen molar-refractivity contribution in [2.75, 3.05) is 0 Å². The summed E-state index contributed by atoms with van der Waals surface area (Å²) in [5.74, 6) is 0.677. The minimum absolute atomic E-state index is 0.677. The number of para-hydroxylation sites is 2. The van der Waals surface area contributed by atoms with Crippen LogP contribution in [0, 0.1) is 0 Å². The Kier molecular flexibility index (Phi) is 7.42. The molecule has 56 heavy (non-hydrogen) atoms. The van der Waals surface area contributed by atoms with Gasteiger partial charge in [-0.3, -0.25) is 4.98 Å². The van der Waals surface area contributed by atoms with Crippen molar-refractivity contribution in [1.29, 1.82) is 0 Å². The molecule has 7 aromatic carbocycles. The Morgan fingerprint density at radius 3 is 1.71 bits per heavy atom. The van der Waals surface area contributed by atoms with Crippen molar-refractivity contribution in [3.8, 4) is 56.4 Å². The average Bonchev–Trinajstić information content (AvgIpc) is 3.80. The van der Waals surface area contributed by atoms with Crippen molar-refractivity contribution in [2.24, 2.45) is 0 Å². The Hall–Kier alpha value is -7.63. The molecule has 0 saturated carbocycles. The van der Waals surface area contributed by atoms with Gasteiger partial charge in [-0.2, -0.15) is 0 Å². The van der Waals surface area contributed by atoms with Gasteiger partial charge < -0.3 is 9.13 Å². The minimum atomic E-state index is 0.677. The lowest BCUT2D eigenvalue weighted by Gasteiger charge is -2.12. The topological polar surface area (TPSA) is 48.5 Å². The smallest absolute Gasteiger partial charge is 0.160 e. The lowest BCUT2D eigenvalue weighted by atomic mass is 9.98. The average molecular weight is 716 g/mol.